The first-order valence-corrected chi connectivity index (χ1v) is 7.53. The Balaban J connectivity index is 2.12. The van der Waals surface area contributed by atoms with Crippen molar-refractivity contribution in [3.63, 3.8) is 0 Å². The van der Waals surface area contributed by atoms with Crippen LogP contribution in [0.2, 0.25) is 0 Å². The van der Waals surface area contributed by atoms with Crippen molar-refractivity contribution >= 4 is 23.2 Å². The molecule has 0 saturated heterocycles. The second-order valence-electron chi connectivity index (χ2n) is 5.13. The van der Waals surface area contributed by atoms with Crippen LogP contribution in [0.1, 0.15) is 34.1 Å². The third-order valence-electron chi connectivity index (χ3n) is 3.62. The van der Waals surface area contributed by atoms with Gasteiger partial charge in [-0.1, -0.05) is 6.92 Å². The van der Waals surface area contributed by atoms with Gasteiger partial charge >= 0.3 is 5.97 Å². The highest BCUT2D eigenvalue weighted by Crippen LogP contribution is 2.32. The van der Waals surface area contributed by atoms with Crippen molar-refractivity contribution in [1.29, 1.82) is 0 Å². The van der Waals surface area contributed by atoms with E-state index in [9.17, 15) is 9.59 Å². The van der Waals surface area contributed by atoms with Crippen LogP contribution in [-0.4, -0.2) is 36.7 Å². The molecule has 1 amide bonds. The zero-order valence-corrected chi connectivity index (χ0v) is 12.5. The van der Waals surface area contributed by atoms with Crippen LogP contribution in [-0.2, 0) is 22.4 Å². The SMILES string of the molecule is COC(=O)C(CO)NC(=O)c1csc2c1CCC(C)C2. The fourth-order valence-electron chi connectivity index (χ4n) is 2.43. The number of hydrogen-bond acceptors (Lipinski definition) is 5. The molecule has 0 aliphatic heterocycles. The average Bonchev–Trinajstić information content (AvgIpc) is 2.86. The van der Waals surface area contributed by atoms with Crippen LogP contribution < -0.4 is 5.32 Å². The van der Waals surface area contributed by atoms with Gasteiger partial charge in [-0.15, -0.1) is 11.3 Å². The minimum Gasteiger partial charge on any atom is -0.467 e. The number of thiophene rings is 1. The van der Waals surface area contributed by atoms with Gasteiger partial charge in [-0.05, 0) is 30.7 Å². The van der Waals surface area contributed by atoms with Crippen molar-refractivity contribution in [3.05, 3.63) is 21.4 Å². The minimum absolute atomic E-state index is 0.318. The largest absolute Gasteiger partial charge is 0.467 e. The van der Waals surface area contributed by atoms with Crippen molar-refractivity contribution in [2.24, 2.45) is 5.92 Å². The quantitative estimate of drug-likeness (QED) is 0.817. The van der Waals surface area contributed by atoms with Crippen molar-refractivity contribution in [1.82, 2.24) is 5.32 Å². The maximum atomic E-state index is 12.2. The molecule has 0 aromatic carbocycles. The highest BCUT2D eigenvalue weighted by atomic mass is 32.1. The summed E-state index contributed by atoms with van der Waals surface area (Å²) < 4.78 is 4.54. The highest BCUT2D eigenvalue weighted by molar-refractivity contribution is 7.10. The Bertz CT molecular complexity index is 511. The topological polar surface area (TPSA) is 75.6 Å². The fraction of sp³-hybridized carbons (Fsp3) is 0.571. The van der Waals surface area contributed by atoms with Gasteiger partial charge in [0.25, 0.3) is 5.91 Å². The molecule has 2 atom stereocenters. The molecule has 0 fully saturated rings. The summed E-state index contributed by atoms with van der Waals surface area (Å²) in [4.78, 5) is 24.9. The average molecular weight is 297 g/mol. The summed E-state index contributed by atoms with van der Waals surface area (Å²) in [6.45, 7) is 1.74. The van der Waals surface area contributed by atoms with Gasteiger partial charge in [0, 0.05) is 10.3 Å². The first-order chi connectivity index (χ1) is 9.56. The second kappa shape index (κ2) is 6.37. The zero-order chi connectivity index (χ0) is 14.7. The predicted molar refractivity (Wildman–Crippen MR) is 75.9 cm³/mol. The van der Waals surface area contributed by atoms with E-state index in [2.05, 4.69) is 17.0 Å². The summed E-state index contributed by atoms with van der Waals surface area (Å²) in [6, 6.07) is -1.01. The van der Waals surface area contributed by atoms with Crippen molar-refractivity contribution in [3.8, 4) is 0 Å². The standard InChI is InChI=1S/C14H19NO4S/c1-8-3-4-9-10(7-20-12(9)5-8)13(17)15-11(6-16)14(18)19-2/h7-8,11,16H,3-6H2,1-2H3,(H,15,17). The molecule has 6 heteroatoms. The molecule has 2 N–H and O–H groups in total. The third kappa shape index (κ3) is 3.02. The molecule has 1 aliphatic carbocycles. The van der Waals surface area contributed by atoms with Gasteiger partial charge in [-0.25, -0.2) is 4.79 Å². The maximum Gasteiger partial charge on any atom is 0.330 e. The molecule has 110 valence electrons. The van der Waals surface area contributed by atoms with Gasteiger partial charge in [0.1, 0.15) is 0 Å². The molecule has 1 aliphatic rings. The lowest BCUT2D eigenvalue weighted by molar-refractivity contribution is -0.143. The Hall–Kier alpha value is -1.40. The van der Waals surface area contributed by atoms with Gasteiger partial charge < -0.3 is 15.2 Å². The third-order valence-corrected chi connectivity index (χ3v) is 4.67. The van der Waals surface area contributed by atoms with Crippen molar-refractivity contribution in [2.45, 2.75) is 32.2 Å². The molecule has 2 rings (SSSR count). The van der Waals surface area contributed by atoms with E-state index in [0.29, 0.717) is 11.5 Å². The molecule has 0 spiro atoms. The van der Waals surface area contributed by atoms with Crippen molar-refractivity contribution < 1.29 is 19.4 Å². The van der Waals surface area contributed by atoms with E-state index < -0.39 is 18.6 Å². The van der Waals surface area contributed by atoms with Crippen LogP contribution in [0.25, 0.3) is 0 Å². The van der Waals surface area contributed by atoms with E-state index in [1.807, 2.05) is 5.38 Å². The summed E-state index contributed by atoms with van der Waals surface area (Å²) >= 11 is 1.59. The monoisotopic (exact) mass is 297 g/mol. The Labute approximate surface area is 121 Å². The van der Waals surface area contributed by atoms with E-state index in [0.717, 1.165) is 24.8 Å². The van der Waals surface area contributed by atoms with E-state index in [4.69, 9.17) is 5.11 Å². The van der Waals surface area contributed by atoms with E-state index in [1.54, 1.807) is 11.3 Å². The number of carbonyl (C=O) groups excluding carboxylic acids is 2. The van der Waals surface area contributed by atoms with Crippen LogP contribution in [0.5, 0.6) is 0 Å². The lowest BCUT2D eigenvalue weighted by Crippen LogP contribution is -2.44. The van der Waals surface area contributed by atoms with Crippen LogP contribution >= 0.6 is 11.3 Å². The summed E-state index contributed by atoms with van der Waals surface area (Å²) in [6.07, 6.45) is 2.98. The smallest absolute Gasteiger partial charge is 0.330 e. The van der Waals surface area contributed by atoms with E-state index in [1.165, 1.54) is 12.0 Å². The predicted octanol–water partition coefficient (Wildman–Crippen LogP) is 1.14. The molecular weight excluding hydrogens is 278 g/mol. The number of fused-ring (bicyclic) bond motifs is 1. The normalized spacial score (nSPS) is 19.1. The second-order valence-corrected chi connectivity index (χ2v) is 6.10. The van der Waals surface area contributed by atoms with Gasteiger partial charge in [0.2, 0.25) is 0 Å². The highest BCUT2D eigenvalue weighted by Gasteiger charge is 2.26. The molecule has 20 heavy (non-hydrogen) atoms. The van der Waals surface area contributed by atoms with Crippen LogP contribution in [0.15, 0.2) is 5.38 Å². The Kier molecular flexibility index (Phi) is 4.77. The van der Waals surface area contributed by atoms with E-state index in [-0.39, 0.29) is 5.91 Å². The fourth-order valence-corrected chi connectivity index (χ4v) is 3.67. The lowest BCUT2D eigenvalue weighted by Gasteiger charge is -2.19. The molecule has 0 radical (unpaired) electrons. The minimum atomic E-state index is -1.01. The number of methoxy groups -OCH3 is 1. The molecule has 5 nitrogen and oxygen atoms in total. The summed E-state index contributed by atoms with van der Waals surface area (Å²) in [7, 11) is 1.23. The molecule has 1 aromatic heterocycles. The zero-order valence-electron chi connectivity index (χ0n) is 11.6. The number of amides is 1. The summed E-state index contributed by atoms with van der Waals surface area (Å²) in [5, 5.41) is 13.5. The number of aliphatic hydroxyl groups is 1. The van der Waals surface area contributed by atoms with Crippen molar-refractivity contribution in [2.75, 3.05) is 13.7 Å². The summed E-state index contributed by atoms with van der Waals surface area (Å²) in [5.41, 5.74) is 1.71. The van der Waals surface area contributed by atoms with Crippen LogP contribution in [0.4, 0.5) is 0 Å². The Morgan fingerprint density at radius 3 is 3.00 bits per heavy atom. The first kappa shape index (κ1) is 15.0. The number of nitrogens with one attached hydrogen (secondary N) is 1. The molecule has 0 bridgehead atoms. The van der Waals surface area contributed by atoms with E-state index >= 15 is 0 Å². The molecule has 0 saturated carbocycles. The number of rotatable bonds is 4. The number of carbonyl (C=O) groups is 2. The Morgan fingerprint density at radius 2 is 2.35 bits per heavy atom. The number of aliphatic hydroxyl groups excluding tert-OH is 1. The van der Waals surface area contributed by atoms with Gasteiger partial charge in [0.05, 0.1) is 19.3 Å². The molecule has 2 unspecified atom stereocenters. The van der Waals surface area contributed by atoms with Gasteiger partial charge in [0.15, 0.2) is 6.04 Å². The number of ether oxygens (including phenoxy) is 1. The Morgan fingerprint density at radius 1 is 1.60 bits per heavy atom. The number of hydrogen-bond donors (Lipinski definition) is 2. The maximum absolute atomic E-state index is 12.2. The van der Waals surface area contributed by atoms with Crippen LogP contribution in [0, 0.1) is 5.92 Å². The van der Waals surface area contributed by atoms with Gasteiger partial charge in [-0.2, -0.15) is 0 Å². The first-order valence-electron chi connectivity index (χ1n) is 6.65. The van der Waals surface area contributed by atoms with Gasteiger partial charge in [-0.3, -0.25) is 4.79 Å². The summed E-state index contributed by atoms with van der Waals surface area (Å²) in [5.74, 6) is -0.308. The molecule has 1 heterocycles. The molecular formula is C14H19NO4S. The van der Waals surface area contributed by atoms with Crippen LogP contribution in [0.3, 0.4) is 0 Å². The molecule has 1 aromatic rings. The lowest BCUT2D eigenvalue weighted by atomic mass is 9.88. The number of esters is 1.